The molecular weight excluding hydrogens is 1520 g/mol. The number of rotatable bonds is 20. The molecule has 12 aromatic rings. The van der Waals surface area contributed by atoms with Crippen LogP contribution in [0.25, 0.3) is 40.9 Å². The molecule has 0 atom stereocenters. The number of hydrogen-bond acceptors (Lipinski definition) is 17. The van der Waals surface area contributed by atoms with E-state index >= 15 is 0 Å². The summed E-state index contributed by atoms with van der Waals surface area (Å²) in [5, 5.41) is 29.2. The molecule has 4 aliphatic carbocycles. The summed E-state index contributed by atoms with van der Waals surface area (Å²) < 4.78 is 8.67. The van der Waals surface area contributed by atoms with Crippen LogP contribution in [0.2, 0.25) is 0 Å². The molecular formula is C90H103N13O8S4. The van der Waals surface area contributed by atoms with E-state index in [1.54, 1.807) is 88.4 Å². The summed E-state index contributed by atoms with van der Waals surface area (Å²) in [6.45, 7) is 12.2. The van der Waals surface area contributed by atoms with Gasteiger partial charge < -0.3 is 15.5 Å². The standard InChI is InChI=1S/C23H27N3O2S.C23H26N2O2S.C22H25N5O2S.C22H25N3O2S/c1-15-19-14-21(29-23(19)26(24-15)18-7-5-4-6-8-18)20(27)13-16-9-11-17(12-10-16)22(28)25(2)3;1-3-20(26)17-11-9-16(10-12-17)13-21(27)22-14-19-15(2)24-25(23(19)28-22)18-7-5-4-6-8-18;1-14-17-12-18(30-22(17)27(25-14)16-6-3-2-4-7-16)21(29)24-15-9-10-19(23-13-15)26-11-5-8-20(26)28;1-14-19-13-21(28-22(19)25(24-14)18-6-4-3-5-7-18)20(27)12-16-8-10-17(11-9-16)23-15(2)26/h9-12,14,18H,4-8,13H2,1-3H3;9-12,14,18H,3-8,13H2,1-2H3;9-10,12-13,16H,2-8,11H2,1H3,(H,24,29);8-11,13,18H,3-7,12H2,1-2H3,(H,23,26). The highest BCUT2D eigenvalue weighted by Crippen LogP contribution is 2.41. The fraction of sp³-hybridized carbons (Fsp3) is 0.433. The van der Waals surface area contributed by atoms with Gasteiger partial charge in [0.25, 0.3) is 11.8 Å². The van der Waals surface area contributed by atoms with Gasteiger partial charge in [-0.25, -0.2) is 4.98 Å². The molecule has 25 heteroatoms. The average Bonchev–Trinajstić information content (AvgIpc) is 1.64. The average molecular weight is 1620 g/mol. The van der Waals surface area contributed by atoms with E-state index in [0.29, 0.717) is 90.3 Å². The van der Waals surface area contributed by atoms with Crippen molar-refractivity contribution >= 4 is 150 Å². The number of pyridine rings is 1. The number of fused-ring (bicyclic) bond motifs is 4. The Hall–Kier alpha value is -9.95. The Kier molecular flexibility index (Phi) is 26.2. The zero-order chi connectivity index (χ0) is 80.6. The van der Waals surface area contributed by atoms with Crippen LogP contribution in [0, 0.1) is 27.7 Å². The van der Waals surface area contributed by atoms with Crippen molar-refractivity contribution in [2.24, 2.45) is 0 Å². The third kappa shape index (κ3) is 19.1. The van der Waals surface area contributed by atoms with Crippen molar-refractivity contribution in [1.29, 1.82) is 0 Å². The largest absolute Gasteiger partial charge is 0.345 e. The fourth-order valence-electron chi connectivity index (χ4n) is 16.6. The number of carbonyl (C=O) groups is 8. The lowest BCUT2D eigenvalue weighted by Gasteiger charge is -2.22. The van der Waals surface area contributed by atoms with Crippen LogP contribution in [-0.2, 0) is 28.9 Å². The monoisotopic (exact) mass is 1620 g/mol. The van der Waals surface area contributed by atoms with Crippen molar-refractivity contribution in [1.82, 2.24) is 49.0 Å². The summed E-state index contributed by atoms with van der Waals surface area (Å²) in [4.78, 5) is 113. The van der Waals surface area contributed by atoms with Crippen LogP contribution in [0.4, 0.5) is 17.2 Å². The molecule has 4 amide bonds. The number of nitrogens with one attached hydrogen (secondary N) is 2. The maximum Gasteiger partial charge on any atom is 0.265 e. The number of ketones is 4. The predicted molar refractivity (Wildman–Crippen MR) is 462 cm³/mol. The zero-order valence-corrected chi connectivity index (χ0v) is 70.5. The number of amides is 4. The molecule has 0 spiro atoms. The second-order valence-corrected chi connectivity index (χ2v) is 35.8. The normalized spacial score (nSPS) is 15.8. The van der Waals surface area contributed by atoms with Crippen LogP contribution in [0.3, 0.4) is 0 Å². The molecule has 1 aliphatic heterocycles. The lowest BCUT2D eigenvalue weighted by Crippen LogP contribution is -2.24. The molecule has 115 heavy (non-hydrogen) atoms. The Morgan fingerprint density at radius 3 is 1.10 bits per heavy atom. The first-order chi connectivity index (χ1) is 55.6. The van der Waals surface area contributed by atoms with Crippen LogP contribution in [0.5, 0.6) is 0 Å². The smallest absolute Gasteiger partial charge is 0.265 e. The molecule has 2 N–H and O–H groups in total. The molecule has 0 bridgehead atoms. The van der Waals surface area contributed by atoms with Gasteiger partial charge in [0.15, 0.2) is 23.1 Å². The third-order valence-electron chi connectivity index (χ3n) is 22.9. The molecule has 10 heterocycles. The Labute approximate surface area is 687 Å². The molecule has 5 fully saturated rings. The maximum absolute atomic E-state index is 12.9. The van der Waals surface area contributed by atoms with Crippen molar-refractivity contribution in [3.05, 3.63) is 185 Å². The lowest BCUT2D eigenvalue weighted by atomic mass is 9.96. The topological polar surface area (TPSA) is 251 Å². The fourth-order valence-corrected chi connectivity index (χ4v) is 21.2. The van der Waals surface area contributed by atoms with Crippen molar-refractivity contribution in [3.63, 3.8) is 0 Å². The second-order valence-electron chi connectivity index (χ2n) is 31.7. The van der Waals surface area contributed by atoms with Gasteiger partial charge in [0.2, 0.25) is 11.8 Å². The summed E-state index contributed by atoms with van der Waals surface area (Å²) in [7, 11) is 3.47. The van der Waals surface area contributed by atoms with Gasteiger partial charge >= 0.3 is 0 Å². The first kappa shape index (κ1) is 81.6. The maximum atomic E-state index is 12.9. The SMILES string of the molecule is CC(=O)Nc1ccc(CC(=O)c2cc3c(C)nn(C4CCCCC4)c3s2)cc1.CCC(=O)c1ccc(CC(=O)c2cc3c(C)nn(C4CCCCC4)c3s2)cc1.Cc1nn(C2CCCCC2)c2sc(C(=O)Cc3ccc(C(=O)N(C)C)cc3)cc12.Cc1nn(C2CCCCC2)c2sc(C(=O)Nc3ccc(N4CCCC4=O)nc3)cc12. The Morgan fingerprint density at radius 1 is 0.426 bits per heavy atom. The highest BCUT2D eigenvalue weighted by Gasteiger charge is 2.30. The van der Waals surface area contributed by atoms with Crippen molar-refractivity contribution in [2.45, 2.75) is 233 Å². The number of anilines is 3. The Bertz CT molecular complexity index is 5510. The molecule has 21 nitrogen and oxygen atoms in total. The summed E-state index contributed by atoms with van der Waals surface area (Å²) in [5.41, 5.74) is 9.54. The summed E-state index contributed by atoms with van der Waals surface area (Å²) in [6, 6.07) is 35.6. The number of aromatic nitrogens is 9. The number of carbonyl (C=O) groups excluding carboxylic acids is 8. The van der Waals surface area contributed by atoms with Gasteiger partial charge in [-0.15, -0.1) is 45.3 Å². The Balaban J connectivity index is 0.000000127. The predicted octanol–water partition coefficient (Wildman–Crippen LogP) is 20.9. The first-order valence-electron chi connectivity index (χ1n) is 41.0. The van der Waals surface area contributed by atoms with Gasteiger partial charge in [-0.05, 0) is 163 Å². The van der Waals surface area contributed by atoms with Gasteiger partial charge in [-0.1, -0.05) is 133 Å². The van der Waals surface area contributed by atoms with Crippen molar-refractivity contribution in [2.75, 3.05) is 36.2 Å². The van der Waals surface area contributed by atoms with E-state index < -0.39 is 0 Å². The molecule has 5 aliphatic rings. The number of thiophene rings is 4. The molecule has 0 radical (unpaired) electrons. The molecule has 600 valence electrons. The van der Waals surface area contributed by atoms with Gasteiger partial charge in [0, 0.05) is 98.0 Å². The summed E-state index contributed by atoms with van der Waals surface area (Å²) in [5.74, 6) is 0.975. The van der Waals surface area contributed by atoms with Gasteiger partial charge in [0.05, 0.1) is 78.3 Å². The van der Waals surface area contributed by atoms with Crippen molar-refractivity contribution < 1.29 is 38.4 Å². The summed E-state index contributed by atoms with van der Waals surface area (Å²) >= 11 is 6.22. The van der Waals surface area contributed by atoms with Crippen LogP contribution in [0.1, 0.15) is 285 Å². The van der Waals surface area contributed by atoms with E-state index in [0.717, 1.165) is 120 Å². The van der Waals surface area contributed by atoms with Crippen LogP contribution in [-0.4, -0.2) is 116 Å². The molecule has 1 saturated heterocycles. The van der Waals surface area contributed by atoms with Gasteiger partial charge in [-0.3, -0.25) is 62.0 Å². The lowest BCUT2D eigenvalue weighted by molar-refractivity contribution is -0.117. The highest BCUT2D eigenvalue weighted by molar-refractivity contribution is 7.21. The number of aryl methyl sites for hydroxylation is 4. The van der Waals surface area contributed by atoms with E-state index in [-0.39, 0.29) is 46.8 Å². The number of hydrogen-bond donors (Lipinski definition) is 2. The van der Waals surface area contributed by atoms with Gasteiger partial charge in [-0.2, -0.15) is 20.4 Å². The molecule has 17 rings (SSSR count). The van der Waals surface area contributed by atoms with E-state index in [1.807, 2.05) is 120 Å². The minimum Gasteiger partial charge on any atom is -0.345 e. The number of benzene rings is 3. The van der Waals surface area contributed by atoms with E-state index in [9.17, 15) is 38.4 Å². The molecule has 9 aromatic heterocycles. The van der Waals surface area contributed by atoms with E-state index in [2.05, 4.69) is 34.3 Å². The van der Waals surface area contributed by atoms with Crippen LogP contribution in [0.15, 0.2) is 115 Å². The van der Waals surface area contributed by atoms with Crippen LogP contribution < -0.4 is 15.5 Å². The second kappa shape index (κ2) is 36.9. The van der Waals surface area contributed by atoms with E-state index in [1.165, 1.54) is 134 Å². The van der Waals surface area contributed by atoms with E-state index in [4.69, 9.17) is 20.4 Å². The molecule has 4 saturated carbocycles. The molecule has 0 unspecified atom stereocenters. The minimum atomic E-state index is -0.141. The van der Waals surface area contributed by atoms with Crippen LogP contribution >= 0.6 is 45.3 Å². The summed E-state index contributed by atoms with van der Waals surface area (Å²) in [6.07, 6.45) is 29.3. The number of Topliss-reactive ketones (excluding diaryl/α,β-unsaturated/α-hetero) is 4. The minimum absolute atomic E-state index is 0.0323. The number of nitrogens with zero attached hydrogens (tertiary/aromatic N) is 11. The van der Waals surface area contributed by atoms with Gasteiger partial charge in [0.1, 0.15) is 25.1 Å². The highest BCUT2D eigenvalue weighted by atomic mass is 32.1. The first-order valence-corrected chi connectivity index (χ1v) is 44.3. The third-order valence-corrected chi connectivity index (χ3v) is 27.6. The zero-order valence-electron chi connectivity index (χ0n) is 67.2. The van der Waals surface area contributed by atoms with Crippen molar-refractivity contribution in [3.8, 4) is 0 Å². The molecule has 3 aromatic carbocycles. The Morgan fingerprint density at radius 2 is 0.774 bits per heavy atom. The quantitative estimate of drug-likeness (QED) is 0.0674.